The fourth-order valence-corrected chi connectivity index (χ4v) is 1.35. The molecule has 1 heterocycles. The third-order valence-corrected chi connectivity index (χ3v) is 2.19. The second kappa shape index (κ2) is 5.12. The maximum atomic E-state index is 10.8. The van der Waals surface area contributed by atoms with E-state index in [1.807, 2.05) is 30.3 Å². The Morgan fingerprint density at radius 2 is 1.94 bits per heavy atom. The van der Waals surface area contributed by atoms with Crippen LogP contribution in [0.4, 0.5) is 0 Å². The van der Waals surface area contributed by atoms with E-state index in [1.165, 1.54) is 18.3 Å². The van der Waals surface area contributed by atoms with Gasteiger partial charge in [0.15, 0.2) is 0 Å². The molecule has 0 atom stereocenters. The van der Waals surface area contributed by atoms with Crippen molar-refractivity contribution in [1.82, 2.24) is 0 Å². The van der Waals surface area contributed by atoms with Gasteiger partial charge < -0.3 is 9.52 Å². The number of hydrogen-bond donors (Lipinski definition) is 1. The Morgan fingerprint density at radius 3 is 2.65 bits per heavy atom. The fourth-order valence-electron chi connectivity index (χ4n) is 1.35. The van der Waals surface area contributed by atoms with Gasteiger partial charge in [-0.1, -0.05) is 30.3 Å². The van der Waals surface area contributed by atoms with Crippen molar-refractivity contribution in [2.24, 2.45) is 4.99 Å². The molecule has 4 nitrogen and oxygen atoms in total. The van der Waals surface area contributed by atoms with E-state index in [1.54, 1.807) is 0 Å². The van der Waals surface area contributed by atoms with Gasteiger partial charge in [-0.25, -0.2) is 4.79 Å². The third kappa shape index (κ3) is 3.04. The molecular formula is C13H11NO3. The highest BCUT2D eigenvalue weighted by Gasteiger charge is 2.00. The molecule has 86 valence electrons. The van der Waals surface area contributed by atoms with Gasteiger partial charge >= 0.3 is 5.63 Å². The number of aliphatic imine (C=N–C) groups is 1. The first-order valence-electron chi connectivity index (χ1n) is 5.12. The highest BCUT2D eigenvalue weighted by molar-refractivity contribution is 5.81. The van der Waals surface area contributed by atoms with Crippen molar-refractivity contribution < 1.29 is 9.52 Å². The van der Waals surface area contributed by atoms with Gasteiger partial charge in [-0.2, -0.15) is 0 Å². The Hall–Kier alpha value is -2.36. The molecule has 17 heavy (non-hydrogen) atoms. The molecule has 0 aliphatic heterocycles. The van der Waals surface area contributed by atoms with E-state index in [0.717, 1.165) is 5.56 Å². The predicted molar refractivity (Wildman–Crippen MR) is 64.4 cm³/mol. The summed E-state index contributed by atoms with van der Waals surface area (Å²) in [6.45, 7) is 0.513. The third-order valence-electron chi connectivity index (χ3n) is 2.19. The zero-order chi connectivity index (χ0) is 12.1. The number of nitrogens with zero attached hydrogens (tertiary/aromatic N) is 1. The van der Waals surface area contributed by atoms with Crippen LogP contribution in [0.1, 0.15) is 11.1 Å². The summed E-state index contributed by atoms with van der Waals surface area (Å²) in [5, 5.41) is 9.33. The van der Waals surface area contributed by atoms with Gasteiger partial charge in [-0.05, 0) is 11.6 Å². The van der Waals surface area contributed by atoms with Gasteiger partial charge in [-0.15, -0.1) is 0 Å². The molecule has 2 aromatic rings. The van der Waals surface area contributed by atoms with Crippen molar-refractivity contribution in [3.8, 4) is 5.95 Å². The summed E-state index contributed by atoms with van der Waals surface area (Å²) in [6.07, 6.45) is 1.48. The van der Waals surface area contributed by atoms with Crippen molar-refractivity contribution in [3.63, 3.8) is 0 Å². The van der Waals surface area contributed by atoms with Crippen LogP contribution in [0.15, 0.2) is 56.7 Å². The van der Waals surface area contributed by atoms with Gasteiger partial charge in [0.25, 0.3) is 5.95 Å². The summed E-state index contributed by atoms with van der Waals surface area (Å²) in [7, 11) is 0. The standard InChI is InChI=1S/C13H11NO3/c15-12-7-6-11(13(16)17-12)9-14-8-10-4-2-1-3-5-10/h1-7,9,16H,8H2. The molecule has 1 aromatic heterocycles. The monoisotopic (exact) mass is 229 g/mol. The van der Waals surface area contributed by atoms with Gasteiger partial charge in [0, 0.05) is 12.3 Å². The van der Waals surface area contributed by atoms with Crippen LogP contribution < -0.4 is 5.63 Å². The molecule has 0 unspecified atom stereocenters. The highest BCUT2D eigenvalue weighted by atomic mass is 16.5. The second-order valence-corrected chi connectivity index (χ2v) is 3.47. The van der Waals surface area contributed by atoms with Gasteiger partial charge in [0.05, 0.1) is 12.1 Å². The summed E-state index contributed by atoms with van der Waals surface area (Å²) in [6, 6.07) is 12.4. The quantitative estimate of drug-likeness (QED) is 0.818. The molecule has 0 aliphatic carbocycles. The molecule has 2 rings (SSSR count). The van der Waals surface area contributed by atoms with Crippen LogP contribution in [-0.2, 0) is 6.54 Å². The summed E-state index contributed by atoms with van der Waals surface area (Å²) in [4.78, 5) is 14.9. The minimum absolute atomic E-state index is 0.389. The lowest BCUT2D eigenvalue weighted by molar-refractivity contribution is 0.309. The van der Waals surface area contributed by atoms with Crippen LogP contribution in [-0.4, -0.2) is 11.3 Å². The summed E-state index contributed by atoms with van der Waals surface area (Å²) in [5.74, 6) is -0.408. The average Bonchev–Trinajstić information content (AvgIpc) is 2.33. The number of benzene rings is 1. The molecule has 1 N–H and O–H groups in total. The lowest BCUT2D eigenvalue weighted by atomic mass is 10.2. The Morgan fingerprint density at radius 1 is 1.18 bits per heavy atom. The lowest BCUT2D eigenvalue weighted by Crippen LogP contribution is -1.96. The van der Waals surface area contributed by atoms with Gasteiger partial charge in [0.2, 0.25) is 0 Å². The van der Waals surface area contributed by atoms with E-state index in [-0.39, 0.29) is 0 Å². The Balaban J connectivity index is 2.08. The fraction of sp³-hybridized carbons (Fsp3) is 0.0769. The maximum Gasteiger partial charge on any atom is 0.338 e. The SMILES string of the molecule is O=c1ccc(C=NCc2ccccc2)c(O)o1. The van der Waals surface area contributed by atoms with Crippen LogP contribution in [0.2, 0.25) is 0 Å². The molecule has 1 aromatic carbocycles. The molecule has 0 saturated heterocycles. The maximum absolute atomic E-state index is 10.8. The van der Waals surface area contributed by atoms with Crippen LogP contribution in [0, 0.1) is 0 Å². The minimum Gasteiger partial charge on any atom is -0.480 e. The molecule has 0 fully saturated rings. The van der Waals surface area contributed by atoms with Crippen LogP contribution in [0.5, 0.6) is 5.95 Å². The molecule has 0 amide bonds. The molecule has 0 radical (unpaired) electrons. The van der Waals surface area contributed by atoms with E-state index in [4.69, 9.17) is 0 Å². The minimum atomic E-state index is -0.581. The Bertz CT molecular complexity index is 573. The summed E-state index contributed by atoms with van der Waals surface area (Å²) < 4.78 is 4.52. The van der Waals surface area contributed by atoms with Gasteiger partial charge in [0.1, 0.15) is 0 Å². The normalized spacial score (nSPS) is 10.8. The largest absolute Gasteiger partial charge is 0.480 e. The first kappa shape index (κ1) is 11.1. The van der Waals surface area contributed by atoms with E-state index in [0.29, 0.717) is 12.1 Å². The molecule has 0 bridgehead atoms. The topological polar surface area (TPSA) is 62.8 Å². The number of hydrogen-bond acceptors (Lipinski definition) is 4. The number of aromatic hydroxyl groups is 1. The molecule has 0 spiro atoms. The first-order chi connectivity index (χ1) is 8.25. The van der Waals surface area contributed by atoms with E-state index in [2.05, 4.69) is 9.41 Å². The zero-order valence-corrected chi connectivity index (χ0v) is 9.04. The van der Waals surface area contributed by atoms with Crippen molar-refractivity contribution in [1.29, 1.82) is 0 Å². The van der Waals surface area contributed by atoms with Crippen LogP contribution >= 0.6 is 0 Å². The molecule has 0 saturated carbocycles. The predicted octanol–water partition coefficient (Wildman–Crippen LogP) is 1.96. The molecular weight excluding hydrogens is 218 g/mol. The molecule has 4 heteroatoms. The first-order valence-corrected chi connectivity index (χ1v) is 5.12. The van der Waals surface area contributed by atoms with Crippen molar-refractivity contribution in [2.45, 2.75) is 6.54 Å². The van der Waals surface area contributed by atoms with Crippen molar-refractivity contribution >= 4 is 6.21 Å². The zero-order valence-electron chi connectivity index (χ0n) is 9.04. The summed E-state index contributed by atoms with van der Waals surface area (Å²) in [5.41, 5.74) is 0.879. The number of rotatable bonds is 3. The summed E-state index contributed by atoms with van der Waals surface area (Å²) >= 11 is 0. The van der Waals surface area contributed by atoms with Gasteiger partial charge in [-0.3, -0.25) is 4.99 Å². The van der Waals surface area contributed by atoms with Crippen LogP contribution in [0.3, 0.4) is 0 Å². The Kier molecular flexibility index (Phi) is 3.35. The van der Waals surface area contributed by atoms with Crippen molar-refractivity contribution in [3.05, 3.63) is 64.0 Å². The average molecular weight is 229 g/mol. The highest BCUT2D eigenvalue weighted by Crippen LogP contribution is 2.10. The van der Waals surface area contributed by atoms with E-state index < -0.39 is 11.6 Å². The molecule has 0 aliphatic rings. The second-order valence-electron chi connectivity index (χ2n) is 3.47. The Labute approximate surface area is 97.9 Å². The van der Waals surface area contributed by atoms with E-state index >= 15 is 0 Å². The smallest absolute Gasteiger partial charge is 0.338 e. The lowest BCUT2D eigenvalue weighted by Gasteiger charge is -1.96. The van der Waals surface area contributed by atoms with Crippen molar-refractivity contribution in [2.75, 3.05) is 0 Å². The van der Waals surface area contributed by atoms with E-state index in [9.17, 15) is 9.90 Å². The van der Waals surface area contributed by atoms with Crippen LogP contribution in [0.25, 0.3) is 0 Å².